The van der Waals surface area contributed by atoms with E-state index in [1.54, 1.807) is 0 Å². The molecule has 0 aliphatic heterocycles. The van der Waals surface area contributed by atoms with Crippen molar-refractivity contribution in [3.8, 4) is 5.69 Å². The van der Waals surface area contributed by atoms with E-state index in [1.165, 1.54) is 0 Å². The number of hydrogen-bond donors (Lipinski definition) is 0. The number of aldehydes is 1. The molecule has 0 amide bonds. The number of benzene rings is 3. The van der Waals surface area contributed by atoms with Crippen LogP contribution in [0.15, 0.2) is 71.2 Å². The molecule has 106 valence electrons. The first-order valence-electron chi connectivity index (χ1n) is 7.03. The van der Waals surface area contributed by atoms with Gasteiger partial charge in [0.2, 0.25) is 0 Å². The van der Waals surface area contributed by atoms with Crippen LogP contribution in [0.1, 0.15) is 10.4 Å². The van der Waals surface area contributed by atoms with Crippen LogP contribution < -0.4 is 0 Å². The van der Waals surface area contributed by atoms with Gasteiger partial charge in [-0.1, -0.05) is 42.5 Å². The predicted molar refractivity (Wildman–Crippen MR) is 93.9 cm³/mol. The average Bonchev–Trinajstić information content (AvgIpc) is 2.90. The minimum Gasteiger partial charge on any atom is -0.308 e. The average molecular weight is 350 g/mol. The number of fused-ring (bicyclic) bond motifs is 3. The van der Waals surface area contributed by atoms with Crippen molar-refractivity contribution < 1.29 is 4.79 Å². The van der Waals surface area contributed by atoms with Crippen molar-refractivity contribution >= 4 is 44.0 Å². The van der Waals surface area contributed by atoms with Crippen molar-refractivity contribution in [3.05, 3.63) is 76.8 Å². The Labute approximate surface area is 136 Å². The lowest BCUT2D eigenvalue weighted by atomic mass is 10.1. The molecular formula is C19H12BrNO. The predicted octanol–water partition coefficient (Wildman–Crippen LogP) is 5.36. The van der Waals surface area contributed by atoms with Crippen molar-refractivity contribution in [2.75, 3.05) is 0 Å². The molecule has 0 aliphatic rings. The molecule has 0 saturated heterocycles. The Hall–Kier alpha value is -2.39. The van der Waals surface area contributed by atoms with Crippen LogP contribution in [0.2, 0.25) is 0 Å². The zero-order chi connectivity index (χ0) is 15.1. The van der Waals surface area contributed by atoms with Gasteiger partial charge in [0.1, 0.15) is 0 Å². The second-order valence-corrected chi connectivity index (χ2v) is 6.02. The monoisotopic (exact) mass is 349 g/mol. The molecule has 3 aromatic carbocycles. The number of para-hydroxylation sites is 2. The maximum atomic E-state index is 11.5. The molecule has 0 atom stereocenters. The molecule has 0 bridgehead atoms. The van der Waals surface area contributed by atoms with Crippen molar-refractivity contribution in [3.63, 3.8) is 0 Å². The van der Waals surface area contributed by atoms with Crippen LogP contribution in [0.5, 0.6) is 0 Å². The first-order chi connectivity index (χ1) is 10.8. The third kappa shape index (κ3) is 1.82. The number of hydrogen-bond acceptors (Lipinski definition) is 1. The quantitative estimate of drug-likeness (QED) is 0.446. The normalized spacial score (nSPS) is 11.1. The van der Waals surface area contributed by atoms with E-state index in [4.69, 9.17) is 0 Å². The lowest BCUT2D eigenvalue weighted by Gasteiger charge is -2.09. The Bertz CT molecular complexity index is 1020. The van der Waals surface area contributed by atoms with E-state index in [9.17, 15) is 4.79 Å². The number of carbonyl (C=O) groups is 1. The first-order valence-corrected chi connectivity index (χ1v) is 7.83. The number of nitrogens with zero attached hydrogens (tertiary/aromatic N) is 1. The minimum absolute atomic E-state index is 0.722. The van der Waals surface area contributed by atoms with Gasteiger partial charge in [0.05, 0.1) is 16.7 Å². The molecule has 2 nitrogen and oxygen atoms in total. The van der Waals surface area contributed by atoms with E-state index in [2.05, 4.69) is 44.8 Å². The van der Waals surface area contributed by atoms with Gasteiger partial charge in [0, 0.05) is 20.8 Å². The van der Waals surface area contributed by atoms with E-state index in [1.807, 2.05) is 42.5 Å². The summed E-state index contributed by atoms with van der Waals surface area (Å²) in [6.07, 6.45) is 0.930. The molecule has 0 unspecified atom stereocenters. The Kier molecular flexibility index (Phi) is 3.09. The van der Waals surface area contributed by atoms with Gasteiger partial charge in [-0.3, -0.25) is 4.79 Å². The molecule has 0 spiro atoms. The topological polar surface area (TPSA) is 22.0 Å². The number of halogens is 1. The molecule has 4 rings (SSSR count). The molecule has 3 heteroatoms. The summed E-state index contributed by atoms with van der Waals surface area (Å²) < 4.78 is 3.22. The zero-order valence-electron chi connectivity index (χ0n) is 11.7. The number of carbonyl (C=O) groups excluding carboxylic acids is 1. The molecular weight excluding hydrogens is 338 g/mol. The minimum atomic E-state index is 0.722. The summed E-state index contributed by atoms with van der Waals surface area (Å²) in [6, 6.07) is 22.2. The fourth-order valence-corrected chi connectivity index (χ4v) is 3.50. The second-order valence-electron chi connectivity index (χ2n) is 5.16. The molecule has 0 aliphatic carbocycles. The largest absolute Gasteiger partial charge is 0.308 e. The van der Waals surface area contributed by atoms with Crippen LogP contribution in [-0.4, -0.2) is 10.9 Å². The van der Waals surface area contributed by atoms with Crippen molar-refractivity contribution in [2.45, 2.75) is 0 Å². The highest BCUT2D eigenvalue weighted by Gasteiger charge is 2.15. The van der Waals surface area contributed by atoms with E-state index in [-0.39, 0.29) is 0 Å². The highest BCUT2D eigenvalue weighted by molar-refractivity contribution is 9.10. The van der Waals surface area contributed by atoms with Crippen LogP contribution in [0.4, 0.5) is 0 Å². The molecule has 22 heavy (non-hydrogen) atoms. The summed E-state index contributed by atoms with van der Waals surface area (Å²) in [7, 11) is 0. The van der Waals surface area contributed by atoms with Crippen LogP contribution in [0.25, 0.3) is 27.5 Å². The SMILES string of the molecule is O=Cc1cccc2c1c1ccccc1n2-c1ccccc1Br. The van der Waals surface area contributed by atoms with Crippen molar-refractivity contribution in [2.24, 2.45) is 0 Å². The summed E-state index contributed by atoms with van der Waals surface area (Å²) in [6.45, 7) is 0. The summed E-state index contributed by atoms with van der Waals surface area (Å²) in [5, 5.41) is 2.10. The number of rotatable bonds is 2. The van der Waals surface area contributed by atoms with E-state index in [0.29, 0.717) is 0 Å². The standard InChI is InChI=1S/C19H12BrNO/c20-15-8-2-4-10-17(15)21-16-9-3-1-7-14(16)19-13(12-22)6-5-11-18(19)21/h1-12H. The third-order valence-corrected chi connectivity index (χ3v) is 4.62. The van der Waals surface area contributed by atoms with Gasteiger partial charge in [0.15, 0.2) is 6.29 Å². The van der Waals surface area contributed by atoms with Crippen LogP contribution >= 0.6 is 15.9 Å². The van der Waals surface area contributed by atoms with Crippen LogP contribution in [-0.2, 0) is 0 Å². The zero-order valence-corrected chi connectivity index (χ0v) is 13.2. The fourth-order valence-electron chi connectivity index (χ4n) is 3.04. The lowest BCUT2D eigenvalue weighted by Crippen LogP contribution is -1.94. The molecule has 0 radical (unpaired) electrons. The third-order valence-electron chi connectivity index (χ3n) is 3.95. The van der Waals surface area contributed by atoms with E-state index >= 15 is 0 Å². The van der Waals surface area contributed by atoms with Gasteiger partial charge in [-0.2, -0.15) is 0 Å². The first kappa shape index (κ1) is 13.3. The molecule has 4 aromatic rings. The number of aromatic nitrogens is 1. The molecule has 1 aromatic heterocycles. The molecule has 1 heterocycles. The fraction of sp³-hybridized carbons (Fsp3) is 0. The second kappa shape index (κ2) is 5.11. The van der Waals surface area contributed by atoms with Gasteiger partial charge in [-0.15, -0.1) is 0 Å². The highest BCUT2D eigenvalue weighted by atomic mass is 79.9. The summed E-state index contributed by atoms with van der Waals surface area (Å²) in [4.78, 5) is 11.5. The summed E-state index contributed by atoms with van der Waals surface area (Å²) in [5.74, 6) is 0. The van der Waals surface area contributed by atoms with E-state index in [0.717, 1.165) is 43.8 Å². The van der Waals surface area contributed by atoms with Gasteiger partial charge < -0.3 is 4.57 Å². The Morgan fingerprint density at radius 3 is 2.36 bits per heavy atom. The maximum absolute atomic E-state index is 11.5. The molecule has 0 fully saturated rings. The molecule has 0 N–H and O–H groups in total. The molecule has 0 saturated carbocycles. The Balaban J connectivity index is 2.27. The van der Waals surface area contributed by atoms with Gasteiger partial charge in [-0.25, -0.2) is 0 Å². The van der Waals surface area contributed by atoms with Crippen LogP contribution in [0, 0.1) is 0 Å². The van der Waals surface area contributed by atoms with Gasteiger partial charge in [0.25, 0.3) is 0 Å². The highest BCUT2D eigenvalue weighted by Crippen LogP contribution is 2.35. The van der Waals surface area contributed by atoms with Gasteiger partial charge >= 0.3 is 0 Å². The lowest BCUT2D eigenvalue weighted by molar-refractivity contribution is 0.112. The van der Waals surface area contributed by atoms with E-state index < -0.39 is 0 Å². The smallest absolute Gasteiger partial charge is 0.150 e. The summed E-state index contributed by atoms with van der Waals surface area (Å²) >= 11 is 3.63. The van der Waals surface area contributed by atoms with Gasteiger partial charge in [-0.05, 0) is 40.2 Å². The Morgan fingerprint density at radius 1 is 0.818 bits per heavy atom. The summed E-state index contributed by atoms with van der Waals surface area (Å²) in [5.41, 5.74) is 3.92. The van der Waals surface area contributed by atoms with Crippen molar-refractivity contribution in [1.82, 2.24) is 4.57 Å². The maximum Gasteiger partial charge on any atom is 0.150 e. The van der Waals surface area contributed by atoms with Crippen LogP contribution in [0.3, 0.4) is 0 Å². The Morgan fingerprint density at radius 2 is 1.55 bits per heavy atom. The van der Waals surface area contributed by atoms with Crippen molar-refractivity contribution in [1.29, 1.82) is 0 Å².